The van der Waals surface area contributed by atoms with E-state index in [-0.39, 0.29) is 0 Å². The standard InChI is InChI=1S/C10H14ClN3/c11-9-4-5-12-10(13-9)8-14-6-2-1-3-7-14/h4-5H,1-3,6-8H2. The van der Waals surface area contributed by atoms with Gasteiger partial charge in [0.2, 0.25) is 0 Å². The van der Waals surface area contributed by atoms with Gasteiger partial charge in [-0.15, -0.1) is 0 Å². The monoisotopic (exact) mass is 211 g/mol. The number of hydrogen-bond donors (Lipinski definition) is 0. The Morgan fingerprint density at radius 2 is 2.07 bits per heavy atom. The Bertz CT molecular complexity index is 297. The number of hydrogen-bond acceptors (Lipinski definition) is 3. The Kier molecular flexibility index (Phi) is 3.32. The zero-order valence-corrected chi connectivity index (χ0v) is 8.87. The molecule has 3 nitrogen and oxygen atoms in total. The van der Waals surface area contributed by atoms with Gasteiger partial charge >= 0.3 is 0 Å². The lowest BCUT2D eigenvalue weighted by atomic mass is 10.1. The van der Waals surface area contributed by atoms with Crippen molar-refractivity contribution in [2.45, 2.75) is 25.8 Å². The highest BCUT2D eigenvalue weighted by molar-refractivity contribution is 6.29. The molecule has 0 unspecified atom stereocenters. The fourth-order valence-corrected chi connectivity index (χ4v) is 1.92. The molecule has 76 valence electrons. The third-order valence-electron chi connectivity index (χ3n) is 2.49. The van der Waals surface area contributed by atoms with Crippen LogP contribution in [0.2, 0.25) is 5.15 Å². The van der Waals surface area contributed by atoms with Gasteiger partial charge in [-0.1, -0.05) is 18.0 Å². The molecule has 2 heterocycles. The molecule has 2 rings (SSSR count). The predicted molar refractivity (Wildman–Crippen MR) is 56.2 cm³/mol. The van der Waals surface area contributed by atoms with E-state index in [9.17, 15) is 0 Å². The third-order valence-corrected chi connectivity index (χ3v) is 2.70. The molecule has 1 aromatic rings. The van der Waals surface area contributed by atoms with Gasteiger partial charge in [-0.3, -0.25) is 4.90 Å². The van der Waals surface area contributed by atoms with Crippen LogP contribution in [0.15, 0.2) is 12.3 Å². The van der Waals surface area contributed by atoms with Crippen molar-refractivity contribution in [3.8, 4) is 0 Å². The number of rotatable bonds is 2. The van der Waals surface area contributed by atoms with Crippen LogP contribution in [-0.2, 0) is 6.54 Å². The van der Waals surface area contributed by atoms with Crippen LogP contribution in [0.25, 0.3) is 0 Å². The molecule has 1 fully saturated rings. The van der Waals surface area contributed by atoms with Crippen molar-refractivity contribution < 1.29 is 0 Å². The molecule has 0 aliphatic carbocycles. The lowest BCUT2D eigenvalue weighted by Crippen LogP contribution is -2.29. The summed E-state index contributed by atoms with van der Waals surface area (Å²) in [5.41, 5.74) is 0. The number of likely N-dealkylation sites (tertiary alicyclic amines) is 1. The first-order chi connectivity index (χ1) is 6.84. The molecule has 1 aromatic heterocycles. The summed E-state index contributed by atoms with van der Waals surface area (Å²) in [6.07, 6.45) is 5.66. The Hall–Kier alpha value is -0.670. The van der Waals surface area contributed by atoms with Crippen LogP contribution in [0.4, 0.5) is 0 Å². The van der Waals surface area contributed by atoms with Crippen LogP contribution in [-0.4, -0.2) is 28.0 Å². The number of halogens is 1. The van der Waals surface area contributed by atoms with E-state index in [4.69, 9.17) is 11.6 Å². The summed E-state index contributed by atoms with van der Waals surface area (Å²) in [6, 6.07) is 1.71. The molecule has 1 aliphatic heterocycles. The van der Waals surface area contributed by atoms with Crippen molar-refractivity contribution in [3.05, 3.63) is 23.2 Å². The van der Waals surface area contributed by atoms with Gasteiger partial charge in [0.1, 0.15) is 11.0 Å². The first kappa shape index (κ1) is 9.87. The molecule has 0 radical (unpaired) electrons. The predicted octanol–water partition coefficient (Wildman–Crippen LogP) is 2.12. The fraction of sp³-hybridized carbons (Fsp3) is 0.600. The Morgan fingerprint density at radius 3 is 2.79 bits per heavy atom. The minimum absolute atomic E-state index is 0.534. The molecule has 0 bridgehead atoms. The zero-order chi connectivity index (χ0) is 9.80. The van der Waals surface area contributed by atoms with Gasteiger partial charge in [-0.2, -0.15) is 0 Å². The molecule has 0 amide bonds. The van der Waals surface area contributed by atoms with E-state index in [2.05, 4.69) is 14.9 Å². The summed E-state index contributed by atoms with van der Waals surface area (Å²) in [4.78, 5) is 10.8. The van der Waals surface area contributed by atoms with Crippen molar-refractivity contribution in [1.29, 1.82) is 0 Å². The second-order valence-electron chi connectivity index (χ2n) is 3.63. The molecule has 14 heavy (non-hydrogen) atoms. The molecule has 4 heteroatoms. The van der Waals surface area contributed by atoms with Gasteiger partial charge in [0.05, 0.1) is 6.54 Å². The lowest BCUT2D eigenvalue weighted by molar-refractivity contribution is 0.216. The van der Waals surface area contributed by atoms with Gasteiger partial charge in [-0.25, -0.2) is 9.97 Å². The van der Waals surface area contributed by atoms with E-state index in [0.717, 1.165) is 25.5 Å². The summed E-state index contributed by atoms with van der Waals surface area (Å²) in [7, 11) is 0. The van der Waals surface area contributed by atoms with Crippen LogP contribution in [0.1, 0.15) is 25.1 Å². The summed E-state index contributed by atoms with van der Waals surface area (Å²) in [6.45, 7) is 3.16. The minimum atomic E-state index is 0.534. The van der Waals surface area contributed by atoms with Crippen molar-refractivity contribution in [1.82, 2.24) is 14.9 Å². The van der Waals surface area contributed by atoms with Crippen LogP contribution in [0, 0.1) is 0 Å². The van der Waals surface area contributed by atoms with Crippen molar-refractivity contribution in [2.75, 3.05) is 13.1 Å². The Balaban J connectivity index is 1.95. The van der Waals surface area contributed by atoms with Gasteiger partial charge in [-0.05, 0) is 32.0 Å². The Labute approximate surface area is 89.1 Å². The van der Waals surface area contributed by atoms with E-state index in [1.54, 1.807) is 12.3 Å². The van der Waals surface area contributed by atoms with Crippen LogP contribution < -0.4 is 0 Å². The summed E-state index contributed by atoms with van der Waals surface area (Å²) < 4.78 is 0. The van der Waals surface area contributed by atoms with Crippen molar-refractivity contribution in [2.24, 2.45) is 0 Å². The average molecular weight is 212 g/mol. The second-order valence-corrected chi connectivity index (χ2v) is 4.02. The van der Waals surface area contributed by atoms with Gasteiger partial charge in [0, 0.05) is 6.20 Å². The number of nitrogens with zero attached hydrogens (tertiary/aromatic N) is 3. The first-order valence-electron chi connectivity index (χ1n) is 5.04. The lowest BCUT2D eigenvalue weighted by Gasteiger charge is -2.25. The SMILES string of the molecule is Clc1ccnc(CN2CCCCC2)n1. The highest BCUT2D eigenvalue weighted by atomic mass is 35.5. The summed E-state index contributed by atoms with van der Waals surface area (Å²) in [5, 5.41) is 0.534. The van der Waals surface area contributed by atoms with Gasteiger partial charge in [0.25, 0.3) is 0 Å². The normalized spacial score (nSPS) is 18.4. The van der Waals surface area contributed by atoms with Crippen LogP contribution >= 0.6 is 11.6 Å². The first-order valence-corrected chi connectivity index (χ1v) is 5.42. The van der Waals surface area contributed by atoms with Gasteiger partial charge in [0.15, 0.2) is 0 Å². The van der Waals surface area contributed by atoms with Gasteiger partial charge < -0.3 is 0 Å². The average Bonchev–Trinajstić information content (AvgIpc) is 2.19. The van der Waals surface area contributed by atoms with Crippen molar-refractivity contribution in [3.63, 3.8) is 0 Å². The van der Waals surface area contributed by atoms with E-state index < -0.39 is 0 Å². The molecule has 1 saturated heterocycles. The number of piperidine rings is 1. The second kappa shape index (κ2) is 4.71. The van der Waals surface area contributed by atoms with Crippen molar-refractivity contribution >= 4 is 11.6 Å². The smallest absolute Gasteiger partial charge is 0.143 e. The quantitative estimate of drug-likeness (QED) is 0.702. The molecular formula is C10H14ClN3. The van der Waals surface area contributed by atoms with E-state index in [1.165, 1.54) is 19.3 Å². The Morgan fingerprint density at radius 1 is 1.29 bits per heavy atom. The maximum Gasteiger partial charge on any atom is 0.143 e. The molecule has 0 N–H and O–H groups in total. The highest BCUT2D eigenvalue weighted by Crippen LogP contribution is 2.11. The third kappa shape index (κ3) is 2.66. The zero-order valence-electron chi connectivity index (χ0n) is 8.12. The maximum atomic E-state index is 5.79. The van der Waals surface area contributed by atoms with Crippen LogP contribution in [0.5, 0.6) is 0 Å². The molecule has 1 aliphatic rings. The molecule has 0 atom stereocenters. The van der Waals surface area contributed by atoms with E-state index in [0.29, 0.717) is 5.15 Å². The minimum Gasteiger partial charge on any atom is -0.296 e. The summed E-state index contributed by atoms with van der Waals surface area (Å²) in [5.74, 6) is 0.833. The van der Waals surface area contributed by atoms with E-state index >= 15 is 0 Å². The summed E-state index contributed by atoms with van der Waals surface area (Å²) >= 11 is 5.79. The topological polar surface area (TPSA) is 29.0 Å². The largest absolute Gasteiger partial charge is 0.296 e. The number of aromatic nitrogens is 2. The highest BCUT2D eigenvalue weighted by Gasteiger charge is 2.11. The van der Waals surface area contributed by atoms with Crippen LogP contribution in [0.3, 0.4) is 0 Å². The molecule has 0 aromatic carbocycles. The molecule has 0 saturated carbocycles. The maximum absolute atomic E-state index is 5.79. The molecular weight excluding hydrogens is 198 g/mol. The fourth-order valence-electron chi connectivity index (χ4n) is 1.77. The van der Waals surface area contributed by atoms with E-state index in [1.807, 2.05) is 0 Å². The molecule has 0 spiro atoms.